The molecule has 1 aromatic carbocycles. The number of rotatable bonds is 3. The number of hydrogen-bond acceptors (Lipinski definition) is 4. The minimum Gasteiger partial charge on any atom is -0.361 e. The molecule has 3 rings (SSSR count). The van der Waals surface area contributed by atoms with Gasteiger partial charge in [0.2, 0.25) is 5.28 Å². The van der Waals surface area contributed by atoms with E-state index in [-0.39, 0.29) is 11.3 Å². The van der Waals surface area contributed by atoms with E-state index in [1.807, 2.05) is 49.4 Å². The Morgan fingerprint density at radius 1 is 1.05 bits per heavy atom. The third-order valence-electron chi connectivity index (χ3n) is 3.06. The van der Waals surface area contributed by atoms with Gasteiger partial charge in [0, 0.05) is 11.6 Å². The topological polar surface area (TPSA) is 50.7 Å². The number of halogens is 1. The molecule has 0 amide bonds. The Hall–Kier alpha value is -2.20. The molecule has 3 aromatic rings. The zero-order chi connectivity index (χ0) is 13.9. The van der Waals surface area contributed by atoms with Gasteiger partial charge in [-0.05, 0) is 42.8 Å². The Morgan fingerprint density at radius 3 is 2.65 bits per heavy atom. The fourth-order valence-electron chi connectivity index (χ4n) is 2.07. The summed E-state index contributed by atoms with van der Waals surface area (Å²) < 4.78 is 0. The number of nitrogens with one attached hydrogen (secondary N) is 1. The van der Waals surface area contributed by atoms with Crippen molar-refractivity contribution in [3.05, 3.63) is 59.6 Å². The van der Waals surface area contributed by atoms with Crippen molar-refractivity contribution in [2.75, 3.05) is 5.32 Å². The number of pyridine rings is 1. The Balaban J connectivity index is 1.98. The van der Waals surface area contributed by atoms with Crippen molar-refractivity contribution < 1.29 is 0 Å². The summed E-state index contributed by atoms with van der Waals surface area (Å²) in [5.41, 5.74) is 1.77. The van der Waals surface area contributed by atoms with Gasteiger partial charge in [-0.3, -0.25) is 4.98 Å². The van der Waals surface area contributed by atoms with E-state index in [1.165, 1.54) is 0 Å². The van der Waals surface area contributed by atoms with Crippen molar-refractivity contribution in [1.29, 1.82) is 0 Å². The summed E-state index contributed by atoms with van der Waals surface area (Å²) in [7, 11) is 0. The van der Waals surface area contributed by atoms with E-state index in [1.54, 1.807) is 6.20 Å². The third-order valence-corrected chi connectivity index (χ3v) is 3.23. The first-order chi connectivity index (χ1) is 9.74. The molecule has 2 aromatic heterocycles. The molecule has 100 valence electrons. The second kappa shape index (κ2) is 5.43. The molecule has 1 atom stereocenters. The lowest BCUT2D eigenvalue weighted by Crippen LogP contribution is -2.10. The second-order valence-corrected chi connectivity index (χ2v) is 4.82. The fourth-order valence-corrected chi connectivity index (χ4v) is 2.24. The van der Waals surface area contributed by atoms with Crippen LogP contribution in [0.15, 0.2) is 48.7 Å². The molecule has 0 radical (unpaired) electrons. The normalized spacial score (nSPS) is 12.3. The minimum atomic E-state index is 0.0329. The molecule has 0 saturated heterocycles. The molecule has 0 spiro atoms. The average molecular weight is 285 g/mol. The van der Waals surface area contributed by atoms with Crippen molar-refractivity contribution in [1.82, 2.24) is 15.0 Å². The van der Waals surface area contributed by atoms with Crippen LogP contribution in [0.25, 0.3) is 10.9 Å². The smallest absolute Gasteiger partial charge is 0.224 e. The molecular weight excluding hydrogens is 272 g/mol. The standard InChI is InChI=1S/C15H13ClN4/c1-10(12-7-4-5-9-17-12)18-14-11-6-2-3-8-13(11)19-15(16)20-14/h2-10H,1H3,(H,18,19,20). The van der Waals surface area contributed by atoms with Crippen molar-refractivity contribution >= 4 is 28.3 Å². The molecule has 2 heterocycles. The zero-order valence-corrected chi connectivity index (χ0v) is 11.7. The first kappa shape index (κ1) is 12.8. The number of anilines is 1. The molecular formula is C15H13ClN4. The van der Waals surface area contributed by atoms with Crippen LogP contribution in [0.3, 0.4) is 0 Å². The van der Waals surface area contributed by atoms with E-state index in [9.17, 15) is 0 Å². The molecule has 1 unspecified atom stereocenters. The van der Waals surface area contributed by atoms with Crippen LogP contribution >= 0.6 is 11.6 Å². The van der Waals surface area contributed by atoms with Crippen molar-refractivity contribution in [3.8, 4) is 0 Å². The summed E-state index contributed by atoms with van der Waals surface area (Å²) in [6.45, 7) is 2.03. The minimum absolute atomic E-state index is 0.0329. The fraction of sp³-hybridized carbons (Fsp3) is 0.133. The van der Waals surface area contributed by atoms with Gasteiger partial charge in [-0.25, -0.2) is 9.97 Å². The van der Waals surface area contributed by atoms with Crippen LogP contribution < -0.4 is 5.32 Å². The molecule has 5 heteroatoms. The van der Waals surface area contributed by atoms with Gasteiger partial charge in [-0.1, -0.05) is 18.2 Å². The molecule has 0 saturated carbocycles. The number of nitrogens with zero attached hydrogens (tertiary/aromatic N) is 3. The molecule has 0 bridgehead atoms. The summed E-state index contributed by atoms with van der Waals surface area (Å²) in [5, 5.41) is 4.52. The first-order valence-electron chi connectivity index (χ1n) is 6.34. The van der Waals surface area contributed by atoms with Gasteiger partial charge in [0.25, 0.3) is 0 Å². The maximum atomic E-state index is 5.98. The van der Waals surface area contributed by atoms with E-state index in [0.29, 0.717) is 0 Å². The third kappa shape index (κ3) is 2.56. The number of fused-ring (bicyclic) bond motifs is 1. The largest absolute Gasteiger partial charge is 0.361 e. The van der Waals surface area contributed by atoms with Crippen LogP contribution in [0.2, 0.25) is 5.28 Å². The lowest BCUT2D eigenvalue weighted by Gasteiger charge is -2.15. The molecule has 1 N–H and O–H groups in total. The van der Waals surface area contributed by atoms with Crippen LogP contribution in [0.1, 0.15) is 18.7 Å². The van der Waals surface area contributed by atoms with Gasteiger partial charge in [0.05, 0.1) is 17.3 Å². The number of benzene rings is 1. The Morgan fingerprint density at radius 2 is 1.85 bits per heavy atom. The molecule has 0 fully saturated rings. The quantitative estimate of drug-likeness (QED) is 0.742. The second-order valence-electron chi connectivity index (χ2n) is 4.48. The number of aromatic nitrogens is 3. The van der Waals surface area contributed by atoms with Gasteiger partial charge in [0.15, 0.2) is 0 Å². The average Bonchev–Trinajstić information content (AvgIpc) is 2.48. The van der Waals surface area contributed by atoms with Crippen molar-refractivity contribution in [2.45, 2.75) is 13.0 Å². The molecule has 0 aliphatic heterocycles. The molecule has 0 aliphatic carbocycles. The highest BCUT2D eigenvalue weighted by Gasteiger charge is 2.11. The summed E-state index contributed by atoms with van der Waals surface area (Å²) >= 11 is 5.98. The Kier molecular flexibility index (Phi) is 3.48. The monoisotopic (exact) mass is 284 g/mol. The van der Waals surface area contributed by atoms with Crippen molar-refractivity contribution in [3.63, 3.8) is 0 Å². The summed E-state index contributed by atoms with van der Waals surface area (Å²) in [6.07, 6.45) is 1.78. The molecule has 20 heavy (non-hydrogen) atoms. The number of para-hydroxylation sites is 1. The number of hydrogen-bond donors (Lipinski definition) is 1. The van der Waals surface area contributed by atoms with Crippen LogP contribution in [0.5, 0.6) is 0 Å². The van der Waals surface area contributed by atoms with E-state index >= 15 is 0 Å². The van der Waals surface area contributed by atoms with Crippen LogP contribution in [-0.4, -0.2) is 15.0 Å². The Bertz CT molecular complexity index is 730. The highest BCUT2D eigenvalue weighted by Crippen LogP contribution is 2.25. The lowest BCUT2D eigenvalue weighted by molar-refractivity contribution is 0.833. The molecule has 4 nitrogen and oxygen atoms in total. The van der Waals surface area contributed by atoms with E-state index in [0.717, 1.165) is 22.4 Å². The Labute approximate surface area is 121 Å². The predicted molar refractivity (Wildman–Crippen MR) is 80.8 cm³/mol. The van der Waals surface area contributed by atoms with Crippen LogP contribution in [0, 0.1) is 0 Å². The van der Waals surface area contributed by atoms with Gasteiger partial charge in [-0.15, -0.1) is 0 Å². The van der Waals surface area contributed by atoms with E-state index in [4.69, 9.17) is 11.6 Å². The maximum absolute atomic E-state index is 5.98. The molecule has 0 aliphatic rings. The van der Waals surface area contributed by atoms with E-state index in [2.05, 4.69) is 20.3 Å². The lowest BCUT2D eigenvalue weighted by atomic mass is 10.2. The van der Waals surface area contributed by atoms with Gasteiger partial charge in [0.1, 0.15) is 5.82 Å². The summed E-state index contributed by atoms with van der Waals surface area (Å²) in [6, 6.07) is 13.6. The van der Waals surface area contributed by atoms with Crippen molar-refractivity contribution in [2.24, 2.45) is 0 Å². The maximum Gasteiger partial charge on any atom is 0.224 e. The van der Waals surface area contributed by atoms with Crippen LogP contribution in [0.4, 0.5) is 5.82 Å². The SMILES string of the molecule is CC(Nc1nc(Cl)nc2ccccc12)c1ccccn1. The summed E-state index contributed by atoms with van der Waals surface area (Å²) in [5.74, 6) is 0.721. The van der Waals surface area contributed by atoms with E-state index < -0.39 is 0 Å². The van der Waals surface area contributed by atoms with Gasteiger partial charge >= 0.3 is 0 Å². The first-order valence-corrected chi connectivity index (χ1v) is 6.71. The van der Waals surface area contributed by atoms with Gasteiger partial charge in [-0.2, -0.15) is 0 Å². The van der Waals surface area contributed by atoms with Crippen LogP contribution in [-0.2, 0) is 0 Å². The highest BCUT2D eigenvalue weighted by molar-refractivity contribution is 6.28. The summed E-state index contributed by atoms with van der Waals surface area (Å²) in [4.78, 5) is 12.8. The highest BCUT2D eigenvalue weighted by atomic mass is 35.5. The van der Waals surface area contributed by atoms with Gasteiger partial charge < -0.3 is 5.32 Å². The predicted octanol–water partition coefficient (Wildman–Crippen LogP) is 3.85. The zero-order valence-electron chi connectivity index (χ0n) is 10.9.